The maximum atomic E-state index is 12.1. The molecule has 0 atom stereocenters. The number of rotatable bonds is 4. The average Bonchev–Trinajstić information content (AvgIpc) is 2.97. The van der Waals surface area contributed by atoms with Crippen LogP contribution in [0.5, 0.6) is 0 Å². The van der Waals surface area contributed by atoms with Crippen molar-refractivity contribution in [1.82, 2.24) is 15.1 Å². The standard InChI is InChI=1S/C12H16N4OS/c1-8-10(13)11(15-14-8)12(17)16(2)6-5-9-4-3-7-18-9/h3-4,7H,5-6,13H2,1-2H3,(H,14,15). The lowest BCUT2D eigenvalue weighted by molar-refractivity contribution is 0.0792. The van der Waals surface area contributed by atoms with E-state index in [2.05, 4.69) is 16.3 Å². The van der Waals surface area contributed by atoms with E-state index in [1.165, 1.54) is 4.88 Å². The molecule has 2 aromatic heterocycles. The van der Waals surface area contributed by atoms with Crippen LogP contribution >= 0.6 is 11.3 Å². The van der Waals surface area contributed by atoms with Gasteiger partial charge in [0.1, 0.15) is 0 Å². The lowest BCUT2D eigenvalue weighted by Crippen LogP contribution is -2.29. The first-order chi connectivity index (χ1) is 8.59. The Labute approximate surface area is 110 Å². The number of hydrogen-bond acceptors (Lipinski definition) is 4. The number of carbonyl (C=O) groups excluding carboxylic acids is 1. The fourth-order valence-corrected chi connectivity index (χ4v) is 2.31. The minimum absolute atomic E-state index is 0.145. The summed E-state index contributed by atoms with van der Waals surface area (Å²) < 4.78 is 0. The van der Waals surface area contributed by atoms with Crippen molar-refractivity contribution < 1.29 is 4.79 Å². The predicted molar refractivity (Wildman–Crippen MR) is 72.7 cm³/mol. The molecule has 6 heteroatoms. The summed E-state index contributed by atoms with van der Waals surface area (Å²) in [6, 6.07) is 4.08. The second-order valence-electron chi connectivity index (χ2n) is 4.17. The van der Waals surface area contributed by atoms with Crippen LogP contribution in [-0.4, -0.2) is 34.6 Å². The molecule has 0 fully saturated rings. The minimum Gasteiger partial charge on any atom is -0.395 e. The zero-order valence-electron chi connectivity index (χ0n) is 10.4. The number of nitrogen functional groups attached to an aromatic ring is 1. The van der Waals surface area contributed by atoms with Crippen LogP contribution in [-0.2, 0) is 6.42 Å². The van der Waals surface area contributed by atoms with Gasteiger partial charge < -0.3 is 10.6 Å². The van der Waals surface area contributed by atoms with Gasteiger partial charge in [-0.05, 0) is 24.8 Å². The van der Waals surface area contributed by atoms with E-state index in [0.717, 1.165) is 12.1 Å². The molecular formula is C12H16N4OS. The van der Waals surface area contributed by atoms with Crippen LogP contribution in [0.3, 0.4) is 0 Å². The molecule has 0 aliphatic rings. The number of nitrogens with one attached hydrogen (secondary N) is 1. The molecule has 2 rings (SSSR count). The van der Waals surface area contributed by atoms with Crippen LogP contribution in [0.25, 0.3) is 0 Å². The number of carbonyl (C=O) groups is 1. The van der Waals surface area contributed by atoms with Gasteiger partial charge in [-0.2, -0.15) is 5.10 Å². The highest BCUT2D eigenvalue weighted by Crippen LogP contribution is 2.15. The highest BCUT2D eigenvalue weighted by Gasteiger charge is 2.18. The fourth-order valence-electron chi connectivity index (χ4n) is 1.62. The first-order valence-electron chi connectivity index (χ1n) is 5.68. The molecule has 0 saturated carbocycles. The van der Waals surface area contributed by atoms with Crippen molar-refractivity contribution in [2.24, 2.45) is 0 Å². The highest BCUT2D eigenvalue weighted by molar-refractivity contribution is 7.09. The van der Waals surface area contributed by atoms with Gasteiger partial charge in [0.05, 0.1) is 11.4 Å². The third-order valence-corrected chi connectivity index (χ3v) is 3.75. The van der Waals surface area contributed by atoms with E-state index < -0.39 is 0 Å². The smallest absolute Gasteiger partial charge is 0.276 e. The summed E-state index contributed by atoms with van der Waals surface area (Å²) in [5.41, 5.74) is 7.26. The predicted octanol–water partition coefficient (Wildman–Crippen LogP) is 1.68. The van der Waals surface area contributed by atoms with Crippen LogP contribution in [0.1, 0.15) is 21.1 Å². The molecule has 2 aromatic rings. The Morgan fingerprint density at radius 1 is 1.61 bits per heavy atom. The number of amides is 1. The SMILES string of the molecule is Cc1[nH]nc(C(=O)N(C)CCc2cccs2)c1N. The number of thiophene rings is 1. The first-order valence-corrected chi connectivity index (χ1v) is 6.56. The number of aromatic nitrogens is 2. The second kappa shape index (κ2) is 5.22. The molecule has 0 aliphatic carbocycles. The maximum absolute atomic E-state index is 12.1. The Morgan fingerprint density at radius 2 is 2.39 bits per heavy atom. The quantitative estimate of drug-likeness (QED) is 0.882. The zero-order chi connectivity index (χ0) is 13.1. The van der Waals surface area contributed by atoms with Crippen LogP contribution < -0.4 is 5.73 Å². The van der Waals surface area contributed by atoms with Gasteiger partial charge in [0.25, 0.3) is 5.91 Å². The number of likely N-dealkylation sites (N-methyl/N-ethyl adjacent to an activating group) is 1. The molecule has 1 amide bonds. The Kier molecular flexibility index (Phi) is 3.66. The van der Waals surface area contributed by atoms with Crippen molar-refractivity contribution in [2.45, 2.75) is 13.3 Å². The number of aromatic amines is 1. The van der Waals surface area contributed by atoms with Gasteiger partial charge in [-0.3, -0.25) is 9.89 Å². The molecule has 0 aliphatic heterocycles. The number of nitrogens with zero attached hydrogens (tertiary/aromatic N) is 2. The molecule has 0 bridgehead atoms. The molecule has 2 heterocycles. The molecule has 3 N–H and O–H groups in total. The van der Waals surface area contributed by atoms with E-state index in [-0.39, 0.29) is 5.91 Å². The van der Waals surface area contributed by atoms with Crippen molar-refractivity contribution >= 4 is 22.9 Å². The summed E-state index contributed by atoms with van der Waals surface area (Å²) in [5, 5.41) is 8.70. The van der Waals surface area contributed by atoms with E-state index >= 15 is 0 Å². The van der Waals surface area contributed by atoms with E-state index in [1.807, 2.05) is 11.4 Å². The second-order valence-corrected chi connectivity index (χ2v) is 5.20. The highest BCUT2D eigenvalue weighted by atomic mass is 32.1. The van der Waals surface area contributed by atoms with Gasteiger partial charge in [-0.25, -0.2) is 0 Å². The Morgan fingerprint density at radius 3 is 2.94 bits per heavy atom. The van der Waals surface area contributed by atoms with E-state index in [0.29, 0.717) is 17.9 Å². The van der Waals surface area contributed by atoms with Crippen molar-refractivity contribution in [3.05, 3.63) is 33.8 Å². The fraction of sp³-hybridized carbons (Fsp3) is 0.333. The van der Waals surface area contributed by atoms with Crippen LogP contribution in [0.15, 0.2) is 17.5 Å². The van der Waals surface area contributed by atoms with Gasteiger partial charge in [0, 0.05) is 18.5 Å². The third kappa shape index (κ3) is 2.53. The van der Waals surface area contributed by atoms with Crippen LogP contribution in [0.2, 0.25) is 0 Å². The summed E-state index contributed by atoms with van der Waals surface area (Å²) in [4.78, 5) is 15.0. The summed E-state index contributed by atoms with van der Waals surface area (Å²) in [5.74, 6) is -0.145. The Bertz CT molecular complexity index is 532. The van der Waals surface area contributed by atoms with Gasteiger partial charge in [-0.15, -0.1) is 11.3 Å². The van der Waals surface area contributed by atoms with Gasteiger partial charge in [0.2, 0.25) is 0 Å². The van der Waals surface area contributed by atoms with Gasteiger partial charge >= 0.3 is 0 Å². The lowest BCUT2D eigenvalue weighted by Gasteiger charge is -2.15. The zero-order valence-corrected chi connectivity index (χ0v) is 11.3. The van der Waals surface area contributed by atoms with E-state index in [1.54, 1.807) is 30.2 Å². The molecule has 0 saturated heterocycles. The summed E-state index contributed by atoms with van der Waals surface area (Å²) in [6.45, 7) is 2.45. The normalized spacial score (nSPS) is 10.6. The summed E-state index contributed by atoms with van der Waals surface area (Å²) >= 11 is 1.70. The third-order valence-electron chi connectivity index (χ3n) is 2.82. The molecule has 0 spiro atoms. The number of hydrogen-bond donors (Lipinski definition) is 2. The number of H-pyrrole nitrogens is 1. The molecular weight excluding hydrogens is 248 g/mol. The van der Waals surface area contributed by atoms with Crippen LogP contribution in [0.4, 0.5) is 5.69 Å². The van der Waals surface area contributed by atoms with Crippen LogP contribution in [0, 0.1) is 6.92 Å². The largest absolute Gasteiger partial charge is 0.395 e. The van der Waals surface area contributed by atoms with Crippen molar-refractivity contribution in [2.75, 3.05) is 19.3 Å². The Hall–Kier alpha value is -1.82. The monoisotopic (exact) mass is 264 g/mol. The molecule has 5 nitrogen and oxygen atoms in total. The van der Waals surface area contributed by atoms with Gasteiger partial charge in [0.15, 0.2) is 5.69 Å². The number of nitrogens with two attached hydrogens (primary N) is 1. The van der Waals surface area contributed by atoms with Gasteiger partial charge in [-0.1, -0.05) is 6.07 Å². The topological polar surface area (TPSA) is 75.0 Å². The summed E-state index contributed by atoms with van der Waals surface area (Å²) in [7, 11) is 1.76. The molecule has 96 valence electrons. The van der Waals surface area contributed by atoms with E-state index in [4.69, 9.17) is 5.73 Å². The lowest BCUT2D eigenvalue weighted by atomic mass is 10.2. The maximum Gasteiger partial charge on any atom is 0.276 e. The molecule has 0 unspecified atom stereocenters. The molecule has 0 aromatic carbocycles. The van der Waals surface area contributed by atoms with E-state index in [9.17, 15) is 4.79 Å². The Balaban J connectivity index is 1.98. The average molecular weight is 264 g/mol. The van der Waals surface area contributed by atoms with Crippen molar-refractivity contribution in [3.8, 4) is 0 Å². The molecule has 0 radical (unpaired) electrons. The minimum atomic E-state index is -0.145. The van der Waals surface area contributed by atoms with Crippen molar-refractivity contribution in [3.63, 3.8) is 0 Å². The number of anilines is 1. The first kappa shape index (κ1) is 12.6. The molecule has 18 heavy (non-hydrogen) atoms. The summed E-state index contributed by atoms with van der Waals surface area (Å²) in [6.07, 6.45) is 0.850. The number of aryl methyl sites for hydroxylation is 1. The van der Waals surface area contributed by atoms with Crippen molar-refractivity contribution in [1.29, 1.82) is 0 Å².